The molecule has 1 aliphatic rings. The SMILES string of the molecule is CN(Cc1ccccc1)c1nc(C2=CCCC=C2F)nc2ccccc12. The Hall–Kier alpha value is -3.01. The highest BCUT2D eigenvalue weighted by Gasteiger charge is 2.18. The molecule has 3 nitrogen and oxygen atoms in total. The second kappa shape index (κ2) is 7.08. The van der Waals surface area contributed by atoms with E-state index in [1.54, 1.807) is 6.08 Å². The van der Waals surface area contributed by atoms with Crippen LogP contribution in [0.2, 0.25) is 0 Å². The molecule has 0 bridgehead atoms. The summed E-state index contributed by atoms with van der Waals surface area (Å²) in [6.45, 7) is 0.721. The zero-order valence-electron chi connectivity index (χ0n) is 14.7. The van der Waals surface area contributed by atoms with Gasteiger partial charge in [-0.1, -0.05) is 48.5 Å². The van der Waals surface area contributed by atoms with Crippen LogP contribution in [0.15, 0.2) is 72.6 Å². The lowest BCUT2D eigenvalue weighted by molar-refractivity contribution is 0.658. The highest BCUT2D eigenvalue weighted by Crippen LogP contribution is 2.31. The second-order valence-corrected chi connectivity index (χ2v) is 6.48. The Labute approximate surface area is 152 Å². The zero-order valence-corrected chi connectivity index (χ0v) is 14.7. The first kappa shape index (κ1) is 16.5. The number of aromatic nitrogens is 2. The molecule has 0 saturated heterocycles. The largest absolute Gasteiger partial charge is 0.355 e. The van der Waals surface area contributed by atoms with E-state index in [1.807, 2.05) is 55.6 Å². The Kier molecular flexibility index (Phi) is 4.48. The number of rotatable bonds is 4. The average molecular weight is 345 g/mol. The fraction of sp³-hybridized carbons (Fsp3) is 0.182. The first-order valence-corrected chi connectivity index (χ1v) is 8.81. The van der Waals surface area contributed by atoms with Crippen LogP contribution in [0.4, 0.5) is 10.2 Å². The van der Waals surface area contributed by atoms with E-state index in [1.165, 1.54) is 5.56 Å². The van der Waals surface area contributed by atoms with E-state index in [0.29, 0.717) is 11.4 Å². The monoisotopic (exact) mass is 345 g/mol. The molecule has 0 N–H and O–H groups in total. The van der Waals surface area contributed by atoms with Crippen molar-refractivity contribution in [3.63, 3.8) is 0 Å². The van der Waals surface area contributed by atoms with Gasteiger partial charge in [-0.2, -0.15) is 0 Å². The summed E-state index contributed by atoms with van der Waals surface area (Å²) in [5, 5.41) is 0.968. The predicted octanol–water partition coefficient (Wildman–Crippen LogP) is 5.30. The molecule has 0 unspecified atom stereocenters. The molecule has 1 heterocycles. The summed E-state index contributed by atoms with van der Waals surface area (Å²) >= 11 is 0. The molecule has 0 atom stereocenters. The van der Waals surface area contributed by atoms with E-state index in [9.17, 15) is 4.39 Å². The molecule has 0 amide bonds. The first-order chi connectivity index (χ1) is 12.7. The van der Waals surface area contributed by atoms with Crippen molar-refractivity contribution in [2.75, 3.05) is 11.9 Å². The molecule has 1 aromatic heterocycles. The minimum atomic E-state index is -0.233. The van der Waals surface area contributed by atoms with Crippen LogP contribution in [-0.4, -0.2) is 17.0 Å². The van der Waals surface area contributed by atoms with E-state index in [-0.39, 0.29) is 5.83 Å². The van der Waals surface area contributed by atoms with Crippen molar-refractivity contribution in [3.8, 4) is 0 Å². The number of anilines is 1. The van der Waals surface area contributed by atoms with Gasteiger partial charge in [0.05, 0.1) is 11.1 Å². The van der Waals surface area contributed by atoms with Crippen molar-refractivity contribution in [3.05, 3.63) is 84.0 Å². The summed E-state index contributed by atoms with van der Waals surface area (Å²) in [5.74, 6) is 1.03. The Bertz CT molecular complexity index is 993. The smallest absolute Gasteiger partial charge is 0.164 e. The van der Waals surface area contributed by atoms with E-state index in [2.05, 4.69) is 22.0 Å². The third-order valence-electron chi connectivity index (χ3n) is 4.54. The summed E-state index contributed by atoms with van der Waals surface area (Å²) in [6, 6.07) is 18.1. The Morgan fingerprint density at radius 1 is 0.923 bits per heavy atom. The Morgan fingerprint density at radius 2 is 1.65 bits per heavy atom. The van der Waals surface area contributed by atoms with Crippen molar-refractivity contribution >= 4 is 22.3 Å². The standard InChI is InChI=1S/C22H20FN3/c1-26(15-16-9-3-2-4-10-16)22-18-12-6-8-14-20(18)24-21(25-22)17-11-5-7-13-19(17)23/h2-4,6,8-14H,5,7,15H2,1H3. The first-order valence-electron chi connectivity index (χ1n) is 8.81. The fourth-order valence-corrected chi connectivity index (χ4v) is 3.25. The van der Waals surface area contributed by atoms with Crippen molar-refractivity contribution in [2.45, 2.75) is 19.4 Å². The predicted molar refractivity (Wildman–Crippen MR) is 104 cm³/mol. The number of allylic oxidation sites excluding steroid dienone is 4. The van der Waals surface area contributed by atoms with Gasteiger partial charge in [0.2, 0.25) is 0 Å². The molecule has 130 valence electrons. The van der Waals surface area contributed by atoms with Gasteiger partial charge < -0.3 is 4.90 Å². The maximum atomic E-state index is 14.3. The van der Waals surface area contributed by atoms with Crippen LogP contribution in [-0.2, 0) is 6.54 Å². The van der Waals surface area contributed by atoms with Gasteiger partial charge in [0.1, 0.15) is 11.6 Å². The summed E-state index contributed by atoms with van der Waals surface area (Å²) in [6.07, 6.45) is 5.04. The van der Waals surface area contributed by atoms with Crippen LogP contribution in [0.1, 0.15) is 24.2 Å². The number of hydrogen-bond acceptors (Lipinski definition) is 3. The van der Waals surface area contributed by atoms with Crippen LogP contribution in [0.25, 0.3) is 16.5 Å². The maximum absolute atomic E-state index is 14.3. The van der Waals surface area contributed by atoms with E-state index < -0.39 is 0 Å². The second-order valence-electron chi connectivity index (χ2n) is 6.48. The van der Waals surface area contributed by atoms with Gasteiger partial charge in [-0.05, 0) is 36.6 Å². The summed E-state index contributed by atoms with van der Waals surface area (Å²) in [7, 11) is 2.01. The molecule has 2 aromatic carbocycles. The lowest BCUT2D eigenvalue weighted by Crippen LogP contribution is -2.19. The van der Waals surface area contributed by atoms with Crippen LogP contribution < -0.4 is 4.90 Å². The van der Waals surface area contributed by atoms with E-state index >= 15 is 0 Å². The van der Waals surface area contributed by atoms with Crippen molar-refractivity contribution < 1.29 is 4.39 Å². The molecular formula is C22H20FN3. The molecule has 0 saturated carbocycles. The summed E-state index contributed by atoms with van der Waals surface area (Å²) < 4.78 is 14.3. The number of para-hydroxylation sites is 1. The van der Waals surface area contributed by atoms with Crippen molar-refractivity contribution in [2.24, 2.45) is 0 Å². The Morgan fingerprint density at radius 3 is 2.46 bits per heavy atom. The molecule has 0 radical (unpaired) electrons. The zero-order chi connectivity index (χ0) is 17.9. The van der Waals surface area contributed by atoms with Gasteiger partial charge in [-0.15, -0.1) is 0 Å². The van der Waals surface area contributed by atoms with Crippen molar-refractivity contribution in [1.82, 2.24) is 9.97 Å². The minimum Gasteiger partial charge on any atom is -0.355 e. The van der Waals surface area contributed by atoms with E-state index in [0.717, 1.165) is 36.1 Å². The maximum Gasteiger partial charge on any atom is 0.164 e. The van der Waals surface area contributed by atoms with E-state index in [4.69, 9.17) is 4.98 Å². The summed E-state index contributed by atoms with van der Waals surface area (Å²) in [4.78, 5) is 11.4. The molecule has 4 rings (SSSR count). The normalized spacial score (nSPS) is 14.1. The van der Waals surface area contributed by atoms with Crippen LogP contribution in [0.5, 0.6) is 0 Å². The molecule has 3 aromatic rings. The molecule has 26 heavy (non-hydrogen) atoms. The highest BCUT2D eigenvalue weighted by atomic mass is 19.1. The van der Waals surface area contributed by atoms with Crippen LogP contribution in [0.3, 0.4) is 0 Å². The molecular weight excluding hydrogens is 325 g/mol. The quantitative estimate of drug-likeness (QED) is 0.643. The number of halogens is 1. The van der Waals surface area contributed by atoms with Gasteiger partial charge in [0, 0.05) is 19.0 Å². The fourth-order valence-electron chi connectivity index (χ4n) is 3.25. The summed E-state index contributed by atoms with van der Waals surface area (Å²) in [5.41, 5.74) is 2.52. The van der Waals surface area contributed by atoms with Crippen LogP contribution in [0, 0.1) is 0 Å². The third-order valence-corrected chi connectivity index (χ3v) is 4.54. The minimum absolute atomic E-state index is 0.233. The molecule has 1 aliphatic carbocycles. The van der Waals surface area contributed by atoms with Crippen molar-refractivity contribution in [1.29, 1.82) is 0 Å². The topological polar surface area (TPSA) is 29.0 Å². The van der Waals surface area contributed by atoms with Gasteiger partial charge in [-0.25, -0.2) is 14.4 Å². The lowest BCUT2D eigenvalue weighted by Gasteiger charge is -2.21. The molecule has 0 aliphatic heterocycles. The number of fused-ring (bicyclic) bond motifs is 1. The average Bonchev–Trinajstić information content (AvgIpc) is 2.68. The van der Waals surface area contributed by atoms with Gasteiger partial charge in [0.25, 0.3) is 0 Å². The Balaban J connectivity index is 1.80. The van der Waals surface area contributed by atoms with Gasteiger partial charge in [0.15, 0.2) is 5.82 Å². The third kappa shape index (κ3) is 3.23. The number of benzene rings is 2. The molecule has 0 spiro atoms. The lowest BCUT2D eigenvalue weighted by atomic mass is 10.0. The van der Waals surface area contributed by atoms with Gasteiger partial charge >= 0.3 is 0 Å². The van der Waals surface area contributed by atoms with Crippen LogP contribution >= 0.6 is 0 Å². The molecule has 4 heteroatoms. The number of nitrogens with zero attached hydrogens (tertiary/aromatic N) is 3. The number of hydrogen-bond donors (Lipinski definition) is 0. The highest BCUT2D eigenvalue weighted by molar-refractivity contribution is 5.91. The van der Waals surface area contributed by atoms with Gasteiger partial charge in [-0.3, -0.25) is 0 Å². The molecule has 0 fully saturated rings.